The van der Waals surface area contributed by atoms with Gasteiger partial charge in [-0.25, -0.2) is 0 Å². The van der Waals surface area contributed by atoms with Gasteiger partial charge < -0.3 is 5.32 Å². The molecule has 0 saturated heterocycles. The van der Waals surface area contributed by atoms with Gasteiger partial charge in [-0.15, -0.1) is 0 Å². The second kappa shape index (κ2) is 6.71. The van der Waals surface area contributed by atoms with Gasteiger partial charge in [0.25, 0.3) is 0 Å². The number of nitrogens with one attached hydrogen (secondary N) is 1. The van der Waals surface area contributed by atoms with Crippen LogP contribution in [0, 0.1) is 5.41 Å². The molecule has 0 fully saturated rings. The molecule has 1 atom stereocenters. The van der Waals surface area contributed by atoms with Crippen LogP contribution in [0.15, 0.2) is 10.7 Å². The first kappa shape index (κ1) is 15.7. The van der Waals surface area contributed by atoms with E-state index in [2.05, 4.69) is 65.6 Å². The van der Waals surface area contributed by atoms with E-state index in [1.165, 1.54) is 12.1 Å². The highest BCUT2D eigenvalue weighted by atomic mass is 79.9. The van der Waals surface area contributed by atoms with Gasteiger partial charge in [0.2, 0.25) is 0 Å². The molecular weight excluding hydrogens is 290 g/mol. The molecule has 0 aliphatic rings. The molecule has 0 amide bonds. The summed E-state index contributed by atoms with van der Waals surface area (Å²) in [6.07, 6.45) is 4.24. The molecule has 1 heterocycles. The Labute approximate surface area is 119 Å². The molecule has 1 aromatic rings. The first-order valence-electron chi connectivity index (χ1n) is 6.83. The second-order valence-electron chi connectivity index (χ2n) is 5.90. The summed E-state index contributed by atoms with van der Waals surface area (Å²) in [6.45, 7) is 13.1. The van der Waals surface area contributed by atoms with Crippen molar-refractivity contribution in [1.82, 2.24) is 15.1 Å². The van der Waals surface area contributed by atoms with Gasteiger partial charge in [0.1, 0.15) is 0 Å². The third-order valence-electron chi connectivity index (χ3n) is 3.10. The lowest BCUT2D eigenvalue weighted by atomic mass is 9.88. The Morgan fingerprint density at radius 3 is 2.56 bits per heavy atom. The van der Waals surface area contributed by atoms with E-state index < -0.39 is 0 Å². The van der Waals surface area contributed by atoms with E-state index in [9.17, 15) is 0 Å². The molecular formula is C14H26BrN3. The Morgan fingerprint density at radius 2 is 2.06 bits per heavy atom. The maximum atomic E-state index is 4.41. The fourth-order valence-corrected chi connectivity index (χ4v) is 2.70. The van der Waals surface area contributed by atoms with E-state index in [-0.39, 0.29) is 0 Å². The van der Waals surface area contributed by atoms with Crippen LogP contribution in [-0.2, 0) is 6.54 Å². The molecule has 1 aromatic heterocycles. The van der Waals surface area contributed by atoms with Crippen LogP contribution >= 0.6 is 15.9 Å². The fourth-order valence-electron chi connectivity index (χ4n) is 2.13. The predicted octanol–water partition coefficient (Wildman–Crippen LogP) is 4.14. The van der Waals surface area contributed by atoms with Gasteiger partial charge in [-0.3, -0.25) is 4.68 Å². The fraction of sp³-hybridized carbons (Fsp3) is 0.786. The molecule has 0 spiro atoms. The molecule has 1 rings (SSSR count). The van der Waals surface area contributed by atoms with E-state index in [1.54, 1.807) is 0 Å². The van der Waals surface area contributed by atoms with Crippen LogP contribution < -0.4 is 5.32 Å². The molecule has 1 unspecified atom stereocenters. The molecule has 0 aliphatic carbocycles. The smallest absolute Gasteiger partial charge is 0.0695 e. The van der Waals surface area contributed by atoms with E-state index in [1.807, 2.05) is 6.20 Å². The lowest BCUT2D eigenvalue weighted by molar-refractivity contribution is 0.326. The molecule has 1 N–H and O–H groups in total. The summed E-state index contributed by atoms with van der Waals surface area (Å²) in [4.78, 5) is 0. The summed E-state index contributed by atoms with van der Waals surface area (Å²) < 4.78 is 3.20. The molecule has 18 heavy (non-hydrogen) atoms. The van der Waals surface area contributed by atoms with Crippen LogP contribution in [0.5, 0.6) is 0 Å². The molecule has 104 valence electrons. The Balaban J connectivity index is 2.86. The molecule has 0 bridgehead atoms. The normalized spacial score (nSPS) is 13.9. The zero-order chi connectivity index (χ0) is 13.8. The third kappa shape index (κ3) is 4.39. The van der Waals surface area contributed by atoms with Crippen LogP contribution in [0.4, 0.5) is 0 Å². The number of hydrogen-bond acceptors (Lipinski definition) is 2. The highest BCUT2D eigenvalue weighted by Gasteiger charge is 2.21. The Morgan fingerprint density at radius 1 is 1.39 bits per heavy atom. The van der Waals surface area contributed by atoms with Gasteiger partial charge in [0.15, 0.2) is 0 Å². The van der Waals surface area contributed by atoms with Crippen molar-refractivity contribution < 1.29 is 0 Å². The zero-order valence-corrected chi connectivity index (χ0v) is 13.8. The standard InChI is InChI=1S/C14H26BrN3/c1-6-16-12(8-9-14(3,4)5)13-11(15)10-17-18(13)7-2/h10,12,16H,6-9H2,1-5H3. The monoisotopic (exact) mass is 315 g/mol. The summed E-state index contributed by atoms with van der Waals surface area (Å²) in [7, 11) is 0. The number of aryl methyl sites for hydroxylation is 1. The highest BCUT2D eigenvalue weighted by Crippen LogP contribution is 2.31. The van der Waals surface area contributed by atoms with Gasteiger partial charge in [-0.05, 0) is 47.7 Å². The molecule has 3 nitrogen and oxygen atoms in total. The van der Waals surface area contributed by atoms with Gasteiger partial charge in [-0.1, -0.05) is 27.7 Å². The molecule has 0 aromatic carbocycles. The Hall–Kier alpha value is -0.350. The quantitative estimate of drug-likeness (QED) is 0.855. The predicted molar refractivity (Wildman–Crippen MR) is 80.7 cm³/mol. The largest absolute Gasteiger partial charge is 0.309 e. The maximum absolute atomic E-state index is 4.41. The summed E-state index contributed by atoms with van der Waals surface area (Å²) in [5.41, 5.74) is 1.65. The maximum Gasteiger partial charge on any atom is 0.0695 e. The average Bonchev–Trinajstić information content (AvgIpc) is 2.64. The van der Waals surface area contributed by atoms with E-state index in [4.69, 9.17) is 0 Å². The Kier molecular flexibility index (Phi) is 5.86. The van der Waals surface area contributed by atoms with Crippen molar-refractivity contribution in [2.24, 2.45) is 5.41 Å². The summed E-state index contributed by atoms with van der Waals surface area (Å²) >= 11 is 3.63. The van der Waals surface area contributed by atoms with Crippen LogP contribution in [-0.4, -0.2) is 16.3 Å². The zero-order valence-electron chi connectivity index (χ0n) is 12.3. The first-order valence-corrected chi connectivity index (χ1v) is 7.63. The number of rotatable bonds is 6. The summed E-state index contributed by atoms with van der Waals surface area (Å²) in [6, 6.07) is 0.381. The van der Waals surface area contributed by atoms with Crippen LogP contribution in [0.3, 0.4) is 0 Å². The van der Waals surface area contributed by atoms with Crippen molar-refractivity contribution in [2.45, 2.75) is 60.0 Å². The van der Waals surface area contributed by atoms with Crippen LogP contribution in [0.25, 0.3) is 0 Å². The highest BCUT2D eigenvalue weighted by molar-refractivity contribution is 9.10. The van der Waals surface area contributed by atoms with Gasteiger partial charge in [0, 0.05) is 6.54 Å². The van der Waals surface area contributed by atoms with E-state index in [0.717, 1.165) is 24.0 Å². The van der Waals surface area contributed by atoms with Crippen molar-refractivity contribution in [2.75, 3.05) is 6.54 Å². The van der Waals surface area contributed by atoms with Crippen molar-refractivity contribution in [3.8, 4) is 0 Å². The lowest BCUT2D eigenvalue weighted by Gasteiger charge is -2.24. The van der Waals surface area contributed by atoms with Crippen LogP contribution in [0.1, 0.15) is 59.2 Å². The minimum atomic E-state index is 0.372. The lowest BCUT2D eigenvalue weighted by Crippen LogP contribution is -2.25. The average molecular weight is 316 g/mol. The first-order chi connectivity index (χ1) is 8.39. The SMILES string of the molecule is CCNC(CCC(C)(C)C)c1c(Br)cnn1CC. The molecule has 0 saturated carbocycles. The number of halogens is 1. The topological polar surface area (TPSA) is 29.9 Å². The van der Waals surface area contributed by atoms with Gasteiger partial charge in [0.05, 0.1) is 22.4 Å². The summed E-state index contributed by atoms with van der Waals surface area (Å²) in [5, 5.41) is 7.99. The molecule has 4 heteroatoms. The van der Waals surface area contributed by atoms with Gasteiger partial charge >= 0.3 is 0 Å². The van der Waals surface area contributed by atoms with Crippen molar-refractivity contribution >= 4 is 15.9 Å². The van der Waals surface area contributed by atoms with E-state index in [0.29, 0.717) is 11.5 Å². The second-order valence-corrected chi connectivity index (χ2v) is 6.76. The summed E-state index contributed by atoms with van der Waals surface area (Å²) in [5.74, 6) is 0. The minimum Gasteiger partial charge on any atom is -0.309 e. The Bertz CT molecular complexity index is 366. The van der Waals surface area contributed by atoms with Crippen molar-refractivity contribution in [3.05, 3.63) is 16.4 Å². The number of nitrogens with zero attached hydrogens (tertiary/aromatic N) is 2. The van der Waals surface area contributed by atoms with Gasteiger partial charge in [-0.2, -0.15) is 5.10 Å². The number of aromatic nitrogens is 2. The number of hydrogen-bond donors (Lipinski definition) is 1. The minimum absolute atomic E-state index is 0.372. The van der Waals surface area contributed by atoms with Crippen molar-refractivity contribution in [3.63, 3.8) is 0 Å². The van der Waals surface area contributed by atoms with Crippen LogP contribution in [0.2, 0.25) is 0 Å². The molecule has 0 aliphatic heterocycles. The van der Waals surface area contributed by atoms with E-state index >= 15 is 0 Å². The third-order valence-corrected chi connectivity index (χ3v) is 3.71. The molecule has 0 radical (unpaired) electrons. The van der Waals surface area contributed by atoms with Crippen molar-refractivity contribution in [1.29, 1.82) is 0 Å².